The van der Waals surface area contributed by atoms with E-state index in [4.69, 9.17) is 16.5 Å². The van der Waals surface area contributed by atoms with E-state index >= 15 is 0 Å². The third kappa shape index (κ3) is 5.14. The number of urea groups is 1. The number of thiazole rings is 1. The van der Waals surface area contributed by atoms with Crippen molar-refractivity contribution >= 4 is 28.1 Å². The molecular formula is C29H32N4OS. The zero-order valence-electron chi connectivity index (χ0n) is 20.3. The number of anilines is 2. The first-order chi connectivity index (χ1) is 17.1. The van der Waals surface area contributed by atoms with E-state index in [0.29, 0.717) is 6.54 Å². The average Bonchev–Trinajstić information content (AvgIpc) is 3.31. The second kappa shape index (κ2) is 11.3. The molecule has 0 bridgehead atoms. The highest BCUT2D eigenvalue weighted by Crippen LogP contribution is 2.45. The molecule has 0 fully saturated rings. The summed E-state index contributed by atoms with van der Waals surface area (Å²) in [5.74, 6) is 0. The number of aromatic nitrogens is 1. The quantitative estimate of drug-likeness (QED) is 0.267. The van der Waals surface area contributed by atoms with Crippen LogP contribution in [0.15, 0.2) is 72.8 Å². The highest BCUT2D eigenvalue weighted by molar-refractivity contribution is 7.19. The topological polar surface area (TPSA) is 85.2 Å². The predicted octanol–water partition coefficient (Wildman–Crippen LogP) is 7.06. The van der Waals surface area contributed by atoms with Crippen molar-refractivity contribution in [3.63, 3.8) is 0 Å². The zero-order chi connectivity index (χ0) is 24.8. The number of hydrogen-bond acceptors (Lipinski definition) is 4. The van der Waals surface area contributed by atoms with Gasteiger partial charge in [-0.05, 0) is 29.5 Å². The van der Waals surface area contributed by atoms with Crippen molar-refractivity contribution in [3.05, 3.63) is 89.5 Å². The maximum absolute atomic E-state index is 13.2. The summed E-state index contributed by atoms with van der Waals surface area (Å²) < 4.78 is 0. The second-order valence-electron chi connectivity index (χ2n) is 8.50. The third-order valence-corrected chi connectivity index (χ3v) is 7.10. The van der Waals surface area contributed by atoms with Crippen LogP contribution in [0.2, 0.25) is 0 Å². The van der Waals surface area contributed by atoms with E-state index in [9.17, 15) is 4.79 Å². The SMILES string of the molecule is CCCc1cccc(CCC)c1N(C(N)=O)c1sc(-c2ccccc2)nc1-c1ccccc1CN. The second-order valence-corrected chi connectivity index (χ2v) is 9.48. The molecule has 5 nitrogen and oxygen atoms in total. The summed E-state index contributed by atoms with van der Waals surface area (Å²) in [6, 6.07) is 23.7. The molecule has 0 aliphatic heterocycles. The van der Waals surface area contributed by atoms with Crippen molar-refractivity contribution in [3.8, 4) is 21.8 Å². The van der Waals surface area contributed by atoms with Crippen LogP contribution >= 0.6 is 11.3 Å². The van der Waals surface area contributed by atoms with Gasteiger partial charge in [0.1, 0.15) is 15.7 Å². The molecule has 0 saturated carbocycles. The Labute approximate surface area is 211 Å². The number of benzene rings is 3. The van der Waals surface area contributed by atoms with E-state index in [-0.39, 0.29) is 0 Å². The minimum Gasteiger partial charge on any atom is -0.351 e. The van der Waals surface area contributed by atoms with Crippen LogP contribution < -0.4 is 16.4 Å². The highest BCUT2D eigenvalue weighted by Gasteiger charge is 2.28. The number of hydrogen-bond donors (Lipinski definition) is 2. The zero-order valence-corrected chi connectivity index (χ0v) is 21.1. The molecule has 0 unspecified atom stereocenters. The Bertz CT molecular complexity index is 1280. The fourth-order valence-corrected chi connectivity index (χ4v) is 5.56. The molecule has 4 aromatic rings. The largest absolute Gasteiger partial charge is 0.351 e. The van der Waals surface area contributed by atoms with Gasteiger partial charge in [0.25, 0.3) is 0 Å². The predicted molar refractivity (Wildman–Crippen MR) is 147 cm³/mol. The van der Waals surface area contributed by atoms with Crippen molar-refractivity contribution in [2.45, 2.75) is 46.1 Å². The smallest absolute Gasteiger partial charge is 0.324 e. The van der Waals surface area contributed by atoms with Gasteiger partial charge in [-0.15, -0.1) is 0 Å². The Morgan fingerprint density at radius 2 is 1.46 bits per heavy atom. The fourth-order valence-electron chi connectivity index (χ4n) is 4.46. The van der Waals surface area contributed by atoms with Crippen LogP contribution in [0.3, 0.4) is 0 Å². The molecule has 2 amide bonds. The Balaban J connectivity index is 2.02. The molecule has 180 valence electrons. The number of nitrogens with two attached hydrogens (primary N) is 2. The van der Waals surface area contributed by atoms with Gasteiger partial charge >= 0.3 is 6.03 Å². The summed E-state index contributed by atoms with van der Waals surface area (Å²) in [5.41, 5.74) is 19.0. The molecule has 0 saturated heterocycles. The summed E-state index contributed by atoms with van der Waals surface area (Å²) >= 11 is 1.48. The van der Waals surface area contributed by atoms with Crippen LogP contribution in [0.5, 0.6) is 0 Å². The summed E-state index contributed by atoms with van der Waals surface area (Å²) in [7, 11) is 0. The number of amides is 2. The van der Waals surface area contributed by atoms with Crippen LogP contribution in [0.1, 0.15) is 43.4 Å². The number of carbonyl (C=O) groups excluding carboxylic acids is 1. The van der Waals surface area contributed by atoms with Crippen molar-refractivity contribution in [2.24, 2.45) is 11.5 Å². The molecule has 3 aromatic carbocycles. The van der Waals surface area contributed by atoms with E-state index in [1.807, 2.05) is 54.6 Å². The summed E-state index contributed by atoms with van der Waals surface area (Å²) in [6.07, 6.45) is 3.65. The normalized spacial score (nSPS) is 10.9. The van der Waals surface area contributed by atoms with Crippen LogP contribution in [0, 0.1) is 0 Å². The Hall–Kier alpha value is -3.48. The first-order valence-electron chi connectivity index (χ1n) is 12.1. The summed E-state index contributed by atoms with van der Waals surface area (Å²) in [6.45, 7) is 4.67. The van der Waals surface area contributed by atoms with E-state index in [1.165, 1.54) is 11.3 Å². The summed E-state index contributed by atoms with van der Waals surface area (Å²) in [4.78, 5) is 19.9. The van der Waals surface area contributed by atoms with E-state index < -0.39 is 6.03 Å². The lowest BCUT2D eigenvalue weighted by atomic mass is 9.98. The van der Waals surface area contributed by atoms with Crippen molar-refractivity contribution < 1.29 is 4.79 Å². The highest BCUT2D eigenvalue weighted by atomic mass is 32.1. The first kappa shape index (κ1) is 24.6. The number of carbonyl (C=O) groups is 1. The molecule has 1 heterocycles. The maximum Gasteiger partial charge on any atom is 0.324 e. The van der Waals surface area contributed by atoms with Gasteiger partial charge in [-0.3, -0.25) is 4.90 Å². The minimum absolute atomic E-state index is 0.373. The maximum atomic E-state index is 13.2. The van der Waals surface area contributed by atoms with Gasteiger partial charge in [0, 0.05) is 17.7 Å². The molecular weight excluding hydrogens is 452 g/mol. The standard InChI is InChI=1S/C29H32N4OS/c1-3-11-20-16-10-17-21(12-4-2)26(20)33(29(31)34)28-25(24-18-9-8-15-23(24)19-30)32-27(35-28)22-13-6-5-7-14-22/h5-10,13-18H,3-4,11-12,19,30H2,1-2H3,(H2,31,34). The van der Waals surface area contributed by atoms with Gasteiger partial charge in [0.2, 0.25) is 0 Å². The van der Waals surface area contributed by atoms with Gasteiger partial charge < -0.3 is 11.5 Å². The number of rotatable bonds is 9. The van der Waals surface area contributed by atoms with Crippen LogP contribution in [0.4, 0.5) is 15.5 Å². The summed E-state index contributed by atoms with van der Waals surface area (Å²) in [5, 5.41) is 1.55. The van der Waals surface area contributed by atoms with E-state index in [1.54, 1.807) is 4.90 Å². The fraction of sp³-hybridized carbons (Fsp3) is 0.241. The number of nitrogens with zero attached hydrogens (tertiary/aromatic N) is 2. The minimum atomic E-state index is -0.513. The molecule has 4 rings (SSSR count). The van der Waals surface area contributed by atoms with Gasteiger partial charge in [0.15, 0.2) is 0 Å². The monoisotopic (exact) mass is 484 g/mol. The number of primary amides is 1. The Morgan fingerprint density at radius 3 is 2.06 bits per heavy atom. The lowest BCUT2D eigenvalue weighted by Crippen LogP contribution is -2.33. The van der Waals surface area contributed by atoms with Gasteiger partial charge in [-0.25, -0.2) is 9.78 Å². The lowest BCUT2D eigenvalue weighted by molar-refractivity contribution is 0.256. The molecule has 0 spiro atoms. The average molecular weight is 485 g/mol. The molecule has 6 heteroatoms. The first-order valence-corrected chi connectivity index (χ1v) is 13.0. The molecule has 4 N–H and O–H groups in total. The molecule has 0 aliphatic rings. The van der Waals surface area contributed by atoms with Crippen molar-refractivity contribution in [1.29, 1.82) is 0 Å². The van der Waals surface area contributed by atoms with Crippen molar-refractivity contribution in [2.75, 3.05) is 4.90 Å². The van der Waals surface area contributed by atoms with Crippen LogP contribution in [0.25, 0.3) is 21.8 Å². The Morgan fingerprint density at radius 1 is 0.857 bits per heavy atom. The Kier molecular flexibility index (Phi) is 7.95. The number of para-hydroxylation sites is 1. The number of aryl methyl sites for hydroxylation is 2. The van der Waals surface area contributed by atoms with E-state index in [2.05, 4.69) is 32.0 Å². The van der Waals surface area contributed by atoms with Crippen LogP contribution in [-0.4, -0.2) is 11.0 Å². The molecule has 35 heavy (non-hydrogen) atoms. The van der Waals surface area contributed by atoms with Gasteiger partial charge in [-0.1, -0.05) is 111 Å². The van der Waals surface area contributed by atoms with Gasteiger partial charge in [-0.2, -0.15) is 0 Å². The molecule has 0 aliphatic carbocycles. The van der Waals surface area contributed by atoms with E-state index in [0.717, 1.165) is 74.9 Å². The van der Waals surface area contributed by atoms with Gasteiger partial charge in [0.05, 0.1) is 5.69 Å². The third-order valence-electron chi connectivity index (χ3n) is 6.01. The molecule has 0 atom stereocenters. The molecule has 1 aromatic heterocycles. The van der Waals surface area contributed by atoms with Crippen LogP contribution in [-0.2, 0) is 19.4 Å². The van der Waals surface area contributed by atoms with Crippen molar-refractivity contribution in [1.82, 2.24) is 4.98 Å². The lowest BCUT2D eigenvalue weighted by Gasteiger charge is -2.26. The molecule has 0 radical (unpaired) electrons.